The summed E-state index contributed by atoms with van der Waals surface area (Å²) in [6, 6.07) is 23.0. The van der Waals surface area contributed by atoms with E-state index >= 15 is 0 Å². The SMILES string of the molecule is O=C(c1ccco1)N1CCN(CCOc2ccc(CN3CCC(Cc4ccccc4)CC3)cc2)CC1. The van der Waals surface area contributed by atoms with Crippen LogP contribution in [0.5, 0.6) is 5.75 Å². The van der Waals surface area contributed by atoms with Crippen LogP contribution in [0.15, 0.2) is 77.4 Å². The third kappa shape index (κ3) is 6.77. The van der Waals surface area contributed by atoms with Crippen molar-refractivity contribution in [2.45, 2.75) is 25.8 Å². The van der Waals surface area contributed by atoms with E-state index in [1.54, 1.807) is 18.4 Å². The second kappa shape index (κ2) is 12.2. The Morgan fingerprint density at radius 1 is 0.806 bits per heavy atom. The van der Waals surface area contributed by atoms with Gasteiger partial charge in [-0.05, 0) is 73.7 Å². The van der Waals surface area contributed by atoms with Gasteiger partial charge in [-0.3, -0.25) is 14.6 Å². The van der Waals surface area contributed by atoms with Crippen LogP contribution in [0.25, 0.3) is 0 Å². The Balaban J connectivity index is 0.976. The highest BCUT2D eigenvalue weighted by atomic mass is 16.5. The molecule has 0 radical (unpaired) electrons. The average molecular weight is 488 g/mol. The van der Waals surface area contributed by atoms with Crippen molar-refractivity contribution < 1.29 is 13.9 Å². The van der Waals surface area contributed by atoms with E-state index in [2.05, 4.69) is 64.4 Å². The van der Waals surface area contributed by atoms with Gasteiger partial charge in [0.05, 0.1) is 6.26 Å². The minimum absolute atomic E-state index is 0.0208. The molecule has 1 aromatic heterocycles. The standard InChI is InChI=1S/C30H37N3O3/c34-30(29-7-4-21-36-29)33-18-16-31(17-19-33)20-22-35-28-10-8-27(9-11-28)24-32-14-12-26(13-15-32)23-25-5-2-1-3-6-25/h1-11,21,26H,12-20,22-24H2. The molecular formula is C30H37N3O3. The van der Waals surface area contributed by atoms with E-state index in [0.29, 0.717) is 12.4 Å². The maximum atomic E-state index is 12.4. The van der Waals surface area contributed by atoms with Crippen molar-refractivity contribution in [1.29, 1.82) is 0 Å². The van der Waals surface area contributed by atoms with E-state index in [9.17, 15) is 4.79 Å². The highest BCUT2D eigenvalue weighted by Gasteiger charge is 2.23. The number of hydrogen-bond donors (Lipinski definition) is 0. The van der Waals surface area contributed by atoms with Crippen molar-refractivity contribution in [3.8, 4) is 5.75 Å². The van der Waals surface area contributed by atoms with Crippen LogP contribution in [0.2, 0.25) is 0 Å². The molecule has 0 atom stereocenters. The molecule has 6 nitrogen and oxygen atoms in total. The summed E-state index contributed by atoms with van der Waals surface area (Å²) in [4.78, 5) is 19.2. The first-order valence-electron chi connectivity index (χ1n) is 13.3. The number of furan rings is 1. The first-order chi connectivity index (χ1) is 17.7. The summed E-state index contributed by atoms with van der Waals surface area (Å²) in [6.07, 6.45) is 5.31. The number of rotatable bonds is 9. The third-order valence-electron chi connectivity index (χ3n) is 7.47. The number of amides is 1. The van der Waals surface area contributed by atoms with Gasteiger partial charge < -0.3 is 14.1 Å². The van der Waals surface area contributed by atoms with E-state index in [1.807, 2.05) is 4.90 Å². The number of likely N-dealkylation sites (tertiary alicyclic amines) is 1. The monoisotopic (exact) mass is 487 g/mol. The zero-order valence-corrected chi connectivity index (χ0v) is 21.1. The maximum absolute atomic E-state index is 12.4. The molecule has 6 heteroatoms. The summed E-state index contributed by atoms with van der Waals surface area (Å²) in [5, 5.41) is 0. The van der Waals surface area contributed by atoms with Gasteiger partial charge in [0.2, 0.25) is 0 Å². The molecule has 2 aliphatic heterocycles. The Morgan fingerprint density at radius 3 is 2.25 bits per heavy atom. The number of ether oxygens (including phenoxy) is 1. The molecule has 5 rings (SSSR count). The van der Waals surface area contributed by atoms with Gasteiger partial charge in [-0.25, -0.2) is 0 Å². The van der Waals surface area contributed by atoms with Crippen LogP contribution in [0, 0.1) is 5.92 Å². The minimum Gasteiger partial charge on any atom is -0.492 e. The number of piperazine rings is 1. The summed E-state index contributed by atoms with van der Waals surface area (Å²) in [5.74, 6) is 2.13. The Bertz CT molecular complexity index is 1050. The molecule has 0 aliphatic carbocycles. The Labute approximate surface area is 214 Å². The average Bonchev–Trinajstić information content (AvgIpc) is 3.47. The van der Waals surface area contributed by atoms with Crippen LogP contribution in [0.3, 0.4) is 0 Å². The molecule has 0 saturated carbocycles. The lowest BCUT2D eigenvalue weighted by Crippen LogP contribution is -2.49. The fourth-order valence-corrected chi connectivity index (χ4v) is 5.27. The third-order valence-corrected chi connectivity index (χ3v) is 7.47. The fraction of sp³-hybridized carbons (Fsp3) is 0.433. The summed E-state index contributed by atoms with van der Waals surface area (Å²) in [5.41, 5.74) is 2.81. The summed E-state index contributed by atoms with van der Waals surface area (Å²) in [7, 11) is 0. The minimum atomic E-state index is -0.0208. The van der Waals surface area contributed by atoms with Gasteiger partial charge >= 0.3 is 0 Å². The lowest BCUT2D eigenvalue weighted by atomic mass is 9.90. The van der Waals surface area contributed by atoms with Gasteiger partial charge in [0.25, 0.3) is 5.91 Å². The van der Waals surface area contributed by atoms with Crippen LogP contribution in [-0.4, -0.2) is 73.0 Å². The molecule has 1 amide bonds. The van der Waals surface area contributed by atoms with Crippen LogP contribution >= 0.6 is 0 Å². The Morgan fingerprint density at radius 2 is 1.56 bits per heavy atom. The number of piperidine rings is 1. The van der Waals surface area contributed by atoms with Crippen molar-refractivity contribution in [1.82, 2.24) is 14.7 Å². The lowest BCUT2D eigenvalue weighted by Gasteiger charge is -2.34. The van der Waals surface area contributed by atoms with Crippen molar-refractivity contribution in [2.24, 2.45) is 5.92 Å². The second-order valence-corrected chi connectivity index (χ2v) is 10.0. The van der Waals surface area contributed by atoms with Crippen molar-refractivity contribution in [3.63, 3.8) is 0 Å². The van der Waals surface area contributed by atoms with E-state index in [-0.39, 0.29) is 5.91 Å². The molecular weight excluding hydrogens is 450 g/mol. The van der Waals surface area contributed by atoms with Gasteiger partial charge in [-0.15, -0.1) is 0 Å². The van der Waals surface area contributed by atoms with Crippen LogP contribution in [0.1, 0.15) is 34.5 Å². The van der Waals surface area contributed by atoms with E-state index in [1.165, 1.54) is 43.5 Å². The van der Waals surface area contributed by atoms with Gasteiger partial charge in [0.15, 0.2) is 5.76 Å². The molecule has 2 fully saturated rings. The Kier molecular flexibility index (Phi) is 8.36. The second-order valence-electron chi connectivity index (χ2n) is 10.0. The molecule has 2 aliphatic rings. The highest BCUT2D eigenvalue weighted by Crippen LogP contribution is 2.23. The Hall–Kier alpha value is -3.09. The normalized spacial score (nSPS) is 17.8. The van der Waals surface area contributed by atoms with Gasteiger partial charge in [0, 0.05) is 39.3 Å². The van der Waals surface area contributed by atoms with Crippen molar-refractivity contribution in [3.05, 3.63) is 89.9 Å². The fourth-order valence-electron chi connectivity index (χ4n) is 5.27. The number of carbonyl (C=O) groups is 1. The number of carbonyl (C=O) groups excluding carboxylic acids is 1. The van der Waals surface area contributed by atoms with E-state index < -0.39 is 0 Å². The number of nitrogens with zero attached hydrogens (tertiary/aromatic N) is 3. The number of hydrogen-bond acceptors (Lipinski definition) is 5. The lowest BCUT2D eigenvalue weighted by molar-refractivity contribution is 0.0590. The van der Waals surface area contributed by atoms with Crippen LogP contribution < -0.4 is 4.74 Å². The number of benzene rings is 2. The van der Waals surface area contributed by atoms with E-state index in [4.69, 9.17) is 9.15 Å². The van der Waals surface area contributed by atoms with Crippen LogP contribution in [-0.2, 0) is 13.0 Å². The molecule has 2 saturated heterocycles. The molecule has 190 valence electrons. The quantitative estimate of drug-likeness (QED) is 0.443. The zero-order chi connectivity index (χ0) is 24.6. The molecule has 0 unspecified atom stereocenters. The first-order valence-corrected chi connectivity index (χ1v) is 13.3. The summed E-state index contributed by atoms with van der Waals surface area (Å²) < 4.78 is 11.2. The topological polar surface area (TPSA) is 49.2 Å². The van der Waals surface area contributed by atoms with Crippen LogP contribution in [0.4, 0.5) is 0 Å². The first kappa shape index (κ1) is 24.6. The van der Waals surface area contributed by atoms with Crippen molar-refractivity contribution in [2.75, 3.05) is 52.4 Å². The predicted octanol–water partition coefficient (Wildman–Crippen LogP) is 4.57. The van der Waals surface area contributed by atoms with Gasteiger partial charge in [-0.2, -0.15) is 0 Å². The largest absolute Gasteiger partial charge is 0.492 e. The summed E-state index contributed by atoms with van der Waals surface area (Å²) in [6.45, 7) is 8.04. The molecule has 0 N–H and O–H groups in total. The van der Waals surface area contributed by atoms with Crippen molar-refractivity contribution >= 4 is 5.91 Å². The molecule has 2 aromatic carbocycles. The predicted molar refractivity (Wildman–Crippen MR) is 141 cm³/mol. The molecule has 0 spiro atoms. The molecule has 36 heavy (non-hydrogen) atoms. The maximum Gasteiger partial charge on any atom is 0.289 e. The zero-order valence-electron chi connectivity index (χ0n) is 21.1. The van der Waals surface area contributed by atoms with E-state index in [0.717, 1.165) is 50.9 Å². The van der Waals surface area contributed by atoms with Gasteiger partial charge in [0.1, 0.15) is 12.4 Å². The highest BCUT2D eigenvalue weighted by molar-refractivity contribution is 5.91. The smallest absolute Gasteiger partial charge is 0.289 e. The summed E-state index contributed by atoms with van der Waals surface area (Å²) >= 11 is 0. The van der Waals surface area contributed by atoms with Gasteiger partial charge in [-0.1, -0.05) is 42.5 Å². The molecule has 3 heterocycles. The molecule has 0 bridgehead atoms. The molecule has 3 aromatic rings.